The Balaban J connectivity index is 1.61. The van der Waals surface area contributed by atoms with E-state index in [9.17, 15) is 9.59 Å². The molecular formula is C29H28Br2N4O4. The van der Waals surface area contributed by atoms with Crippen LogP contribution in [0.15, 0.2) is 73.4 Å². The van der Waals surface area contributed by atoms with Gasteiger partial charge in [-0.1, -0.05) is 48.0 Å². The second-order valence-corrected chi connectivity index (χ2v) is 10.7. The molecular weight excluding hydrogens is 628 g/mol. The molecule has 1 atom stereocenters. The number of aromatic nitrogens is 2. The minimum absolute atomic E-state index is 0.0162. The molecule has 0 aliphatic heterocycles. The highest BCUT2D eigenvalue weighted by Gasteiger charge is 2.17. The topological polar surface area (TPSA) is 94.8 Å². The molecule has 1 aromatic heterocycles. The number of carbonyl (C=O) groups excluding carboxylic acids is 1. The van der Waals surface area contributed by atoms with E-state index < -0.39 is 0 Å². The van der Waals surface area contributed by atoms with Gasteiger partial charge >= 0.3 is 0 Å². The van der Waals surface area contributed by atoms with Crippen LogP contribution >= 0.6 is 31.9 Å². The van der Waals surface area contributed by atoms with Crippen molar-refractivity contribution in [1.29, 1.82) is 0 Å². The maximum atomic E-state index is 13.4. The van der Waals surface area contributed by atoms with Gasteiger partial charge in [0.25, 0.3) is 11.5 Å². The van der Waals surface area contributed by atoms with Crippen molar-refractivity contribution in [2.24, 2.45) is 5.10 Å². The van der Waals surface area contributed by atoms with Crippen LogP contribution in [0.25, 0.3) is 10.9 Å². The summed E-state index contributed by atoms with van der Waals surface area (Å²) in [5, 5.41) is 7.85. The Bertz CT molecular complexity index is 1620. The number of rotatable bonds is 9. The lowest BCUT2D eigenvalue weighted by molar-refractivity contribution is -0.118. The van der Waals surface area contributed by atoms with Crippen LogP contribution in [0.4, 0.5) is 5.69 Å². The van der Waals surface area contributed by atoms with E-state index in [1.54, 1.807) is 24.4 Å². The van der Waals surface area contributed by atoms with Crippen LogP contribution in [0.1, 0.15) is 43.1 Å². The second kappa shape index (κ2) is 12.6. The first-order valence-electron chi connectivity index (χ1n) is 12.3. The summed E-state index contributed by atoms with van der Waals surface area (Å²) in [6.45, 7) is 5.78. The summed E-state index contributed by atoms with van der Waals surface area (Å²) < 4.78 is 14.1. The van der Waals surface area contributed by atoms with E-state index in [-0.39, 0.29) is 24.0 Å². The molecule has 8 nitrogen and oxygen atoms in total. The van der Waals surface area contributed by atoms with Crippen molar-refractivity contribution in [2.45, 2.75) is 33.1 Å². The molecule has 1 N–H and O–H groups in total. The highest BCUT2D eigenvalue weighted by Crippen LogP contribution is 2.33. The molecule has 0 fully saturated rings. The van der Waals surface area contributed by atoms with Gasteiger partial charge in [-0.15, -0.1) is 0 Å². The minimum atomic E-state index is -0.291. The fraction of sp³-hybridized carbons (Fsp3) is 0.241. The number of hydrogen-bond acceptors (Lipinski definition) is 6. The summed E-state index contributed by atoms with van der Waals surface area (Å²) in [5.41, 5.74) is 2.71. The molecule has 1 heterocycles. The van der Waals surface area contributed by atoms with Gasteiger partial charge in [0.2, 0.25) is 0 Å². The monoisotopic (exact) mass is 654 g/mol. The van der Waals surface area contributed by atoms with Crippen LogP contribution in [-0.2, 0) is 4.79 Å². The van der Waals surface area contributed by atoms with E-state index in [1.165, 1.54) is 11.8 Å². The van der Waals surface area contributed by atoms with Gasteiger partial charge in [0.05, 0.1) is 24.2 Å². The van der Waals surface area contributed by atoms with Gasteiger partial charge < -0.3 is 14.8 Å². The zero-order chi connectivity index (χ0) is 28.1. The number of nitrogens with zero attached hydrogens (tertiary/aromatic N) is 3. The standard InChI is InChI=1S/C29H28Br2N4O4/c1-5-17(2)28-34-24-11-10-20(30)13-21(24)29(37)35(28)32-15-19-12-25(38-4)26(14-22(19)31)39-16-27(36)33-23-9-7-6-8-18(23)3/h6-15,17H,5,16H2,1-4H3,(H,33,36)/t17-/m0/s1. The zero-order valence-electron chi connectivity index (χ0n) is 22.0. The average Bonchev–Trinajstić information content (AvgIpc) is 2.93. The number of hydrogen-bond donors (Lipinski definition) is 1. The van der Waals surface area contributed by atoms with E-state index >= 15 is 0 Å². The number of ether oxygens (including phenoxy) is 2. The van der Waals surface area contributed by atoms with Gasteiger partial charge in [0.1, 0.15) is 5.82 Å². The SMILES string of the molecule is CC[C@H](C)c1nc2ccc(Br)cc2c(=O)n1N=Cc1cc(OC)c(OCC(=O)Nc2ccccc2C)cc1Br. The Morgan fingerprint density at radius 1 is 1.15 bits per heavy atom. The Kier molecular flexibility index (Phi) is 9.19. The van der Waals surface area contributed by atoms with Gasteiger partial charge in [0.15, 0.2) is 18.1 Å². The molecule has 0 aliphatic rings. The van der Waals surface area contributed by atoms with Crippen molar-refractivity contribution in [3.63, 3.8) is 0 Å². The number of amides is 1. The highest BCUT2D eigenvalue weighted by atomic mass is 79.9. The van der Waals surface area contributed by atoms with Crippen LogP contribution in [0, 0.1) is 6.92 Å². The summed E-state index contributed by atoms with van der Waals surface area (Å²) in [4.78, 5) is 30.6. The fourth-order valence-corrected chi connectivity index (χ4v) is 4.65. The summed E-state index contributed by atoms with van der Waals surface area (Å²) in [7, 11) is 1.51. The molecule has 0 radical (unpaired) electrons. The van der Waals surface area contributed by atoms with Crippen molar-refractivity contribution >= 4 is 60.6 Å². The molecule has 4 rings (SSSR count). The van der Waals surface area contributed by atoms with Gasteiger partial charge in [-0.05, 0) is 71.2 Å². The molecule has 0 saturated carbocycles. The molecule has 0 unspecified atom stereocenters. The molecule has 39 heavy (non-hydrogen) atoms. The molecule has 1 amide bonds. The molecule has 0 saturated heterocycles. The predicted octanol–water partition coefficient (Wildman–Crippen LogP) is 6.65. The third-order valence-electron chi connectivity index (χ3n) is 6.26. The lowest BCUT2D eigenvalue weighted by Gasteiger charge is -2.15. The van der Waals surface area contributed by atoms with Crippen molar-refractivity contribution in [3.8, 4) is 11.5 Å². The summed E-state index contributed by atoms with van der Waals surface area (Å²) in [5.74, 6) is 1.11. The lowest BCUT2D eigenvalue weighted by atomic mass is 10.1. The molecule has 3 aromatic carbocycles. The number of para-hydroxylation sites is 1. The number of nitrogens with one attached hydrogen (secondary N) is 1. The van der Waals surface area contributed by atoms with Crippen LogP contribution in [0.3, 0.4) is 0 Å². The van der Waals surface area contributed by atoms with E-state index in [0.29, 0.717) is 38.3 Å². The second-order valence-electron chi connectivity index (χ2n) is 8.98. The average molecular weight is 656 g/mol. The molecule has 0 bridgehead atoms. The van der Waals surface area contributed by atoms with Crippen LogP contribution in [0.2, 0.25) is 0 Å². The molecule has 0 spiro atoms. The number of fused-ring (bicyclic) bond motifs is 1. The van der Waals surface area contributed by atoms with Crippen molar-refractivity contribution in [2.75, 3.05) is 19.0 Å². The Labute approximate surface area is 243 Å². The smallest absolute Gasteiger partial charge is 0.282 e. The van der Waals surface area contributed by atoms with Crippen LogP contribution in [0.5, 0.6) is 11.5 Å². The Morgan fingerprint density at radius 3 is 2.64 bits per heavy atom. The first-order valence-corrected chi connectivity index (χ1v) is 13.9. The van der Waals surface area contributed by atoms with Crippen LogP contribution in [-0.4, -0.2) is 35.5 Å². The number of carbonyl (C=O) groups is 1. The lowest BCUT2D eigenvalue weighted by Crippen LogP contribution is -2.23. The number of methoxy groups -OCH3 is 1. The number of anilines is 1. The third kappa shape index (κ3) is 6.57. The molecule has 10 heteroatoms. The van der Waals surface area contributed by atoms with E-state index in [2.05, 4.69) is 42.3 Å². The van der Waals surface area contributed by atoms with Gasteiger partial charge in [-0.25, -0.2) is 4.98 Å². The molecule has 0 aliphatic carbocycles. The predicted molar refractivity (Wildman–Crippen MR) is 161 cm³/mol. The highest BCUT2D eigenvalue weighted by molar-refractivity contribution is 9.10. The van der Waals surface area contributed by atoms with Crippen molar-refractivity contribution in [1.82, 2.24) is 9.66 Å². The Hall–Kier alpha value is -3.50. The normalized spacial score (nSPS) is 12.1. The maximum Gasteiger partial charge on any atom is 0.282 e. The Morgan fingerprint density at radius 2 is 1.92 bits per heavy atom. The van der Waals surface area contributed by atoms with Gasteiger partial charge in [-0.2, -0.15) is 9.78 Å². The number of halogens is 2. The first-order chi connectivity index (χ1) is 18.7. The zero-order valence-corrected chi connectivity index (χ0v) is 25.2. The number of benzene rings is 3. The summed E-state index contributed by atoms with van der Waals surface area (Å²) in [6.07, 6.45) is 2.37. The van der Waals surface area contributed by atoms with E-state index in [1.807, 2.05) is 57.2 Å². The minimum Gasteiger partial charge on any atom is -0.493 e. The fourth-order valence-electron chi connectivity index (χ4n) is 3.86. The number of aryl methyl sites for hydroxylation is 1. The van der Waals surface area contributed by atoms with E-state index in [4.69, 9.17) is 14.5 Å². The quantitative estimate of drug-likeness (QED) is 0.204. The largest absolute Gasteiger partial charge is 0.493 e. The van der Waals surface area contributed by atoms with Crippen molar-refractivity contribution in [3.05, 3.63) is 90.8 Å². The summed E-state index contributed by atoms with van der Waals surface area (Å²) in [6, 6.07) is 16.4. The summed E-state index contributed by atoms with van der Waals surface area (Å²) >= 11 is 6.98. The maximum absolute atomic E-state index is 13.4. The van der Waals surface area contributed by atoms with Gasteiger partial charge in [0, 0.05) is 26.1 Å². The van der Waals surface area contributed by atoms with Gasteiger partial charge in [-0.3, -0.25) is 9.59 Å². The molecule has 202 valence electrons. The van der Waals surface area contributed by atoms with E-state index in [0.717, 1.165) is 22.1 Å². The van der Waals surface area contributed by atoms with Crippen LogP contribution < -0.4 is 20.3 Å². The van der Waals surface area contributed by atoms with Crippen molar-refractivity contribution < 1.29 is 14.3 Å². The first kappa shape index (κ1) is 28.5. The molecule has 4 aromatic rings. The third-order valence-corrected chi connectivity index (χ3v) is 7.44.